The predicted molar refractivity (Wildman–Crippen MR) is 86.2 cm³/mol. The Morgan fingerprint density at radius 2 is 1.95 bits per heavy atom. The van der Waals surface area contributed by atoms with Gasteiger partial charge in [-0.1, -0.05) is 36.0 Å². The molecule has 1 saturated carbocycles. The van der Waals surface area contributed by atoms with Gasteiger partial charge in [0.15, 0.2) is 6.10 Å². The molecule has 0 aromatic heterocycles. The minimum absolute atomic E-state index is 0.0537. The van der Waals surface area contributed by atoms with Crippen molar-refractivity contribution in [2.24, 2.45) is 0 Å². The molecule has 0 spiro atoms. The largest absolute Gasteiger partial charge is 0.449 e. The summed E-state index contributed by atoms with van der Waals surface area (Å²) in [5.74, 6) is -1.04. The van der Waals surface area contributed by atoms with E-state index in [9.17, 15) is 9.59 Å². The highest BCUT2D eigenvalue weighted by molar-refractivity contribution is 6.37. The SMILES string of the molecule is C[C@@H](OC(=O)c1cc(Cl)cc(Cl)c1N)C(=O)NC1CCCC1. The molecule has 0 saturated heterocycles. The van der Waals surface area contributed by atoms with Gasteiger partial charge >= 0.3 is 5.97 Å². The molecule has 1 aromatic rings. The van der Waals surface area contributed by atoms with Crippen molar-refractivity contribution in [3.05, 3.63) is 27.7 Å². The van der Waals surface area contributed by atoms with Crippen molar-refractivity contribution in [1.29, 1.82) is 0 Å². The lowest BCUT2D eigenvalue weighted by atomic mass is 10.2. The van der Waals surface area contributed by atoms with Crippen LogP contribution in [0.1, 0.15) is 43.0 Å². The molecule has 2 rings (SSSR count). The van der Waals surface area contributed by atoms with Gasteiger partial charge in [0, 0.05) is 11.1 Å². The van der Waals surface area contributed by atoms with Crippen molar-refractivity contribution in [2.45, 2.75) is 44.8 Å². The zero-order valence-corrected chi connectivity index (χ0v) is 13.7. The number of esters is 1. The number of ether oxygens (including phenoxy) is 1. The van der Waals surface area contributed by atoms with Gasteiger partial charge in [-0.15, -0.1) is 0 Å². The number of nitrogen functional groups attached to an aromatic ring is 1. The first-order valence-electron chi connectivity index (χ1n) is 7.14. The molecule has 0 bridgehead atoms. The molecule has 5 nitrogen and oxygen atoms in total. The fourth-order valence-electron chi connectivity index (χ4n) is 2.42. The number of benzene rings is 1. The lowest BCUT2D eigenvalue weighted by Gasteiger charge is -2.17. The molecule has 1 amide bonds. The van der Waals surface area contributed by atoms with Gasteiger partial charge in [0.05, 0.1) is 16.3 Å². The Morgan fingerprint density at radius 1 is 1.32 bits per heavy atom. The summed E-state index contributed by atoms with van der Waals surface area (Å²) in [6.07, 6.45) is 3.23. The Hall–Kier alpha value is -1.46. The molecule has 0 aliphatic heterocycles. The Morgan fingerprint density at radius 3 is 2.59 bits per heavy atom. The molecule has 0 radical (unpaired) electrons. The van der Waals surface area contributed by atoms with Crippen LogP contribution in [0.4, 0.5) is 5.69 Å². The third kappa shape index (κ3) is 4.05. The van der Waals surface area contributed by atoms with Gasteiger partial charge in [-0.3, -0.25) is 4.79 Å². The first-order chi connectivity index (χ1) is 10.4. The molecule has 0 heterocycles. The number of hydrogen-bond donors (Lipinski definition) is 2. The molecule has 22 heavy (non-hydrogen) atoms. The van der Waals surface area contributed by atoms with E-state index in [1.165, 1.54) is 19.1 Å². The Bertz CT molecular complexity index is 586. The molecule has 1 aliphatic carbocycles. The number of anilines is 1. The van der Waals surface area contributed by atoms with Crippen LogP contribution in [-0.4, -0.2) is 24.0 Å². The van der Waals surface area contributed by atoms with Crippen LogP contribution >= 0.6 is 23.2 Å². The van der Waals surface area contributed by atoms with E-state index in [4.69, 9.17) is 33.7 Å². The maximum Gasteiger partial charge on any atom is 0.341 e. The van der Waals surface area contributed by atoms with Crippen LogP contribution in [0, 0.1) is 0 Å². The standard InChI is InChI=1S/C15H18Cl2N2O3/c1-8(14(20)19-10-4-2-3-5-10)22-15(21)11-6-9(16)7-12(17)13(11)18/h6-8,10H,2-5,18H2,1H3,(H,19,20)/t8-/m1/s1. The second-order valence-electron chi connectivity index (χ2n) is 5.39. The number of carbonyl (C=O) groups is 2. The Balaban J connectivity index is 2.00. The lowest BCUT2D eigenvalue weighted by Crippen LogP contribution is -2.40. The number of nitrogens with two attached hydrogens (primary N) is 1. The molecule has 0 unspecified atom stereocenters. The molecule has 1 aromatic carbocycles. The van der Waals surface area contributed by atoms with Gasteiger partial charge in [-0.2, -0.15) is 0 Å². The predicted octanol–water partition coefficient (Wildman–Crippen LogP) is 3.18. The fraction of sp³-hybridized carbons (Fsp3) is 0.467. The van der Waals surface area contributed by atoms with E-state index >= 15 is 0 Å². The average molecular weight is 345 g/mol. The lowest BCUT2D eigenvalue weighted by molar-refractivity contribution is -0.129. The Kier molecular flexibility index (Phi) is 5.53. The van der Waals surface area contributed by atoms with Crippen molar-refractivity contribution in [1.82, 2.24) is 5.32 Å². The van der Waals surface area contributed by atoms with Gasteiger partial charge in [0.25, 0.3) is 5.91 Å². The van der Waals surface area contributed by atoms with Gasteiger partial charge in [-0.25, -0.2) is 4.79 Å². The van der Waals surface area contributed by atoms with Crippen LogP contribution in [0.15, 0.2) is 12.1 Å². The zero-order valence-electron chi connectivity index (χ0n) is 12.2. The third-order valence-corrected chi connectivity index (χ3v) is 4.20. The van der Waals surface area contributed by atoms with Crippen LogP contribution in [0.5, 0.6) is 0 Å². The van der Waals surface area contributed by atoms with Crippen molar-refractivity contribution in [3.8, 4) is 0 Å². The van der Waals surface area contributed by atoms with Crippen LogP contribution in [0.25, 0.3) is 0 Å². The minimum Gasteiger partial charge on any atom is -0.449 e. The fourth-order valence-corrected chi connectivity index (χ4v) is 2.91. The smallest absolute Gasteiger partial charge is 0.341 e. The zero-order chi connectivity index (χ0) is 16.3. The monoisotopic (exact) mass is 344 g/mol. The molecule has 120 valence electrons. The summed E-state index contributed by atoms with van der Waals surface area (Å²) in [6.45, 7) is 1.52. The molecule has 3 N–H and O–H groups in total. The summed E-state index contributed by atoms with van der Waals surface area (Å²) in [5.41, 5.74) is 5.88. The van der Waals surface area contributed by atoms with E-state index in [1.54, 1.807) is 0 Å². The van der Waals surface area contributed by atoms with Crippen molar-refractivity contribution >= 4 is 40.8 Å². The number of amides is 1. The molecule has 1 atom stereocenters. The van der Waals surface area contributed by atoms with Gasteiger partial charge in [-0.05, 0) is 31.9 Å². The quantitative estimate of drug-likeness (QED) is 0.649. The summed E-state index contributed by atoms with van der Waals surface area (Å²) >= 11 is 11.7. The summed E-state index contributed by atoms with van der Waals surface area (Å²) in [4.78, 5) is 24.1. The number of rotatable bonds is 4. The first-order valence-corrected chi connectivity index (χ1v) is 7.90. The maximum atomic E-state index is 12.1. The number of halogens is 2. The molecular formula is C15H18Cl2N2O3. The summed E-state index contributed by atoms with van der Waals surface area (Å²) in [6, 6.07) is 2.97. The summed E-state index contributed by atoms with van der Waals surface area (Å²) in [7, 11) is 0. The van der Waals surface area contributed by atoms with E-state index in [1.807, 2.05) is 0 Å². The molecule has 1 aliphatic rings. The minimum atomic E-state index is -0.912. The van der Waals surface area contributed by atoms with Crippen molar-refractivity contribution in [3.63, 3.8) is 0 Å². The second kappa shape index (κ2) is 7.20. The highest BCUT2D eigenvalue weighted by atomic mass is 35.5. The number of carbonyl (C=O) groups excluding carboxylic acids is 2. The maximum absolute atomic E-state index is 12.1. The summed E-state index contributed by atoms with van der Waals surface area (Å²) in [5, 5.41) is 3.31. The topological polar surface area (TPSA) is 81.4 Å². The second-order valence-corrected chi connectivity index (χ2v) is 6.23. The van der Waals surface area contributed by atoms with E-state index < -0.39 is 12.1 Å². The van der Waals surface area contributed by atoms with E-state index in [0.717, 1.165) is 25.7 Å². The van der Waals surface area contributed by atoms with Crippen LogP contribution in [0.2, 0.25) is 10.0 Å². The van der Waals surface area contributed by atoms with Crippen molar-refractivity contribution in [2.75, 3.05) is 5.73 Å². The van der Waals surface area contributed by atoms with E-state index in [2.05, 4.69) is 5.32 Å². The van der Waals surface area contributed by atoms with Crippen LogP contribution in [0.3, 0.4) is 0 Å². The Labute approximate surface area is 139 Å². The van der Waals surface area contributed by atoms with E-state index in [0.29, 0.717) is 0 Å². The number of nitrogens with one attached hydrogen (secondary N) is 1. The highest BCUT2D eigenvalue weighted by Gasteiger charge is 2.24. The van der Waals surface area contributed by atoms with Gasteiger partial charge in [0.1, 0.15) is 0 Å². The molecule has 7 heteroatoms. The number of hydrogen-bond acceptors (Lipinski definition) is 4. The normalized spacial score (nSPS) is 16.3. The van der Waals surface area contributed by atoms with Gasteiger partial charge < -0.3 is 15.8 Å². The van der Waals surface area contributed by atoms with Crippen LogP contribution in [-0.2, 0) is 9.53 Å². The van der Waals surface area contributed by atoms with E-state index in [-0.39, 0.29) is 33.2 Å². The third-order valence-electron chi connectivity index (χ3n) is 3.67. The molecule has 1 fully saturated rings. The highest BCUT2D eigenvalue weighted by Crippen LogP contribution is 2.28. The average Bonchev–Trinajstić information content (AvgIpc) is 2.95. The van der Waals surface area contributed by atoms with Crippen molar-refractivity contribution < 1.29 is 14.3 Å². The van der Waals surface area contributed by atoms with Crippen LogP contribution < -0.4 is 11.1 Å². The van der Waals surface area contributed by atoms with Gasteiger partial charge in [0.2, 0.25) is 0 Å². The first kappa shape index (κ1) is 16.9. The summed E-state index contributed by atoms with van der Waals surface area (Å²) < 4.78 is 5.15. The molecular weight excluding hydrogens is 327 g/mol.